The number of nitrogens with two attached hydrogens (primary N) is 1. The van der Waals surface area contributed by atoms with Crippen LogP contribution in [0.5, 0.6) is 5.75 Å². The molecule has 25 heavy (non-hydrogen) atoms. The van der Waals surface area contributed by atoms with E-state index in [0.717, 1.165) is 0 Å². The molecule has 1 fully saturated rings. The first-order valence-electron chi connectivity index (χ1n) is 8.40. The molecule has 0 unspecified atom stereocenters. The standard InChI is InChI=1S/C18H27N3O3.ClH/c1-13(2)11-16(19)18(23)21-9-7-20(8-10-21)17(22)14-5-4-6-15(12-14)24-3;/h4-6,12-13,16H,7-11,19H2,1-3H3;1H/t16-;/m0./s1. The summed E-state index contributed by atoms with van der Waals surface area (Å²) in [5, 5.41) is 0. The van der Waals surface area contributed by atoms with Gasteiger partial charge in [0, 0.05) is 31.7 Å². The van der Waals surface area contributed by atoms with Crippen LogP contribution < -0.4 is 10.5 Å². The minimum absolute atomic E-state index is 0. The average molecular weight is 370 g/mol. The smallest absolute Gasteiger partial charge is 0.254 e. The Morgan fingerprint density at radius 3 is 2.32 bits per heavy atom. The van der Waals surface area contributed by atoms with E-state index < -0.39 is 6.04 Å². The minimum Gasteiger partial charge on any atom is -0.497 e. The SMILES string of the molecule is COc1cccc(C(=O)N2CCN(C(=O)[C@@H](N)CC(C)C)CC2)c1.Cl. The van der Waals surface area contributed by atoms with Crippen molar-refractivity contribution in [3.8, 4) is 5.75 Å². The van der Waals surface area contributed by atoms with Crippen LogP contribution in [0.2, 0.25) is 0 Å². The Morgan fingerprint density at radius 1 is 1.16 bits per heavy atom. The number of hydrogen-bond donors (Lipinski definition) is 1. The first-order valence-corrected chi connectivity index (χ1v) is 8.40. The van der Waals surface area contributed by atoms with Crippen molar-refractivity contribution in [1.82, 2.24) is 9.80 Å². The fourth-order valence-electron chi connectivity index (χ4n) is 2.91. The number of methoxy groups -OCH3 is 1. The minimum atomic E-state index is -0.453. The molecule has 7 heteroatoms. The van der Waals surface area contributed by atoms with Crippen molar-refractivity contribution in [1.29, 1.82) is 0 Å². The highest BCUT2D eigenvalue weighted by molar-refractivity contribution is 5.94. The Bertz CT molecular complexity index is 587. The molecule has 2 N–H and O–H groups in total. The number of piperazine rings is 1. The van der Waals surface area contributed by atoms with Gasteiger partial charge in [-0.2, -0.15) is 0 Å². The average Bonchev–Trinajstić information content (AvgIpc) is 2.60. The molecule has 1 aliphatic heterocycles. The van der Waals surface area contributed by atoms with Gasteiger partial charge >= 0.3 is 0 Å². The molecule has 1 aromatic rings. The van der Waals surface area contributed by atoms with E-state index in [4.69, 9.17) is 10.5 Å². The molecule has 1 aromatic carbocycles. The van der Waals surface area contributed by atoms with Crippen molar-refractivity contribution in [2.24, 2.45) is 11.7 Å². The largest absolute Gasteiger partial charge is 0.497 e. The summed E-state index contributed by atoms with van der Waals surface area (Å²) in [5.74, 6) is 0.999. The maximum Gasteiger partial charge on any atom is 0.254 e. The van der Waals surface area contributed by atoms with Crippen molar-refractivity contribution in [2.45, 2.75) is 26.3 Å². The zero-order chi connectivity index (χ0) is 17.7. The lowest BCUT2D eigenvalue weighted by atomic mass is 10.0. The molecule has 6 nitrogen and oxygen atoms in total. The fourth-order valence-corrected chi connectivity index (χ4v) is 2.91. The molecule has 1 saturated heterocycles. The lowest BCUT2D eigenvalue weighted by molar-refractivity contribution is -0.134. The van der Waals surface area contributed by atoms with Gasteiger partial charge in [0.1, 0.15) is 5.75 Å². The van der Waals surface area contributed by atoms with Gasteiger partial charge in [-0.15, -0.1) is 12.4 Å². The van der Waals surface area contributed by atoms with Gasteiger partial charge in [-0.1, -0.05) is 19.9 Å². The maximum absolute atomic E-state index is 12.6. The summed E-state index contributed by atoms with van der Waals surface area (Å²) in [6, 6.07) is 6.67. The van der Waals surface area contributed by atoms with Gasteiger partial charge in [0.15, 0.2) is 0 Å². The van der Waals surface area contributed by atoms with Crippen LogP contribution in [0.25, 0.3) is 0 Å². The molecule has 0 spiro atoms. The maximum atomic E-state index is 12.6. The molecule has 2 rings (SSSR count). The summed E-state index contributed by atoms with van der Waals surface area (Å²) in [6.07, 6.45) is 0.682. The van der Waals surface area contributed by atoms with Gasteiger partial charge in [-0.05, 0) is 30.5 Å². The van der Waals surface area contributed by atoms with Gasteiger partial charge in [-0.3, -0.25) is 9.59 Å². The van der Waals surface area contributed by atoms with Crippen LogP contribution in [-0.4, -0.2) is 60.9 Å². The van der Waals surface area contributed by atoms with E-state index in [2.05, 4.69) is 13.8 Å². The predicted octanol–water partition coefficient (Wildman–Crippen LogP) is 1.77. The van der Waals surface area contributed by atoms with Crippen LogP contribution in [-0.2, 0) is 4.79 Å². The number of nitrogens with zero attached hydrogens (tertiary/aromatic N) is 2. The molecular formula is C18H28ClN3O3. The zero-order valence-corrected chi connectivity index (χ0v) is 15.9. The number of carbonyl (C=O) groups is 2. The van der Waals surface area contributed by atoms with E-state index in [-0.39, 0.29) is 24.2 Å². The molecular weight excluding hydrogens is 342 g/mol. The summed E-state index contributed by atoms with van der Waals surface area (Å²) >= 11 is 0. The summed E-state index contributed by atoms with van der Waals surface area (Å²) in [7, 11) is 1.58. The van der Waals surface area contributed by atoms with Gasteiger partial charge in [-0.25, -0.2) is 0 Å². The Kier molecular flexibility index (Phi) is 8.19. The number of carbonyl (C=O) groups excluding carboxylic acids is 2. The van der Waals surface area contributed by atoms with Crippen LogP contribution in [0.1, 0.15) is 30.6 Å². The number of rotatable bonds is 5. The highest BCUT2D eigenvalue weighted by Gasteiger charge is 2.27. The quantitative estimate of drug-likeness (QED) is 0.858. The summed E-state index contributed by atoms with van der Waals surface area (Å²) < 4.78 is 5.16. The second kappa shape index (κ2) is 9.63. The van der Waals surface area contributed by atoms with Crippen LogP contribution in [0.4, 0.5) is 0 Å². The van der Waals surface area contributed by atoms with E-state index in [0.29, 0.717) is 49.8 Å². The first kappa shape index (κ1) is 21.3. The van der Waals surface area contributed by atoms with Gasteiger partial charge in [0.2, 0.25) is 5.91 Å². The first-order chi connectivity index (χ1) is 11.4. The monoisotopic (exact) mass is 369 g/mol. The zero-order valence-electron chi connectivity index (χ0n) is 15.1. The van der Waals surface area contributed by atoms with Crippen molar-refractivity contribution in [2.75, 3.05) is 33.3 Å². The fraction of sp³-hybridized carbons (Fsp3) is 0.556. The van der Waals surface area contributed by atoms with Crippen molar-refractivity contribution in [3.05, 3.63) is 29.8 Å². The summed E-state index contributed by atoms with van der Waals surface area (Å²) in [4.78, 5) is 28.4. The Labute approximate surface area is 155 Å². The predicted molar refractivity (Wildman–Crippen MR) is 100 cm³/mol. The van der Waals surface area contributed by atoms with Crippen molar-refractivity contribution in [3.63, 3.8) is 0 Å². The van der Waals surface area contributed by atoms with E-state index in [1.54, 1.807) is 35.1 Å². The molecule has 0 aromatic heterocycles. The number of ether oxygens (including phenoxy) is 1. The Morgan fingerprint density at radius 2 is 1.76 bits per heavy atom. The third-order valence-electron chi connectivity index (χ3n) is 4.24. The molecule has 0 aliphatic carbocycles. The molecule has 2 amide bonds. The topological polar surface area (TPSA) is 75.9 Å². The normalized spacial score (nSPS) is 15.6. The number of halogens is 1. The molecule has 0 bridgehead atoms. The molecule has 1 heterocycles. The van der Waals surface area contributed by atoms with Gasteiger partial charge in [0.25, 0.3) is 5.91 Å². The van der Waals surface area contributed by atoms with Crippen molar-refractivity contribution < 1.29 is 14.3 Å². The van der Waals surface area contributed by atoms with Crippen LogP contribution >= 0.6 is 12.4 Å². The molecule has 0 radical (unpaired) electrons. The van der Waals surface area contributed by atoms with Gasteiger partial charge in [0.05, 0.1) is 13.2 Å². The molecule has 0 saturated carbocycles. The Hall–Kier alpha value is -1.79. The second-order valence-electron chi connectivity index (χ2n) is 6.59. The third-order valence-corrected chi connectivity index (χ3v) is 4.24. The molecule has 140 valence electrons. The van der Waals surface area contributed by atoms with E-state index in [1.807, 2.05) is 6.07 Å². The van der Waals surface area contributed by atoms with E-state index in [9.17, 15) is 9.59 Å². The molecule has 1 atom stereocenters. The van der Waals surface area contributed by atoms with Gasteiger partial charge < -0.3 is 20.3 Å². The number of hydrogen-bond acceptors (Lipinski definition) is 4. The van der Waals surface area contributed by atoms with E-state index in [1.165, 1.54) is 0 Å². The summed E-state index contributed by atoms with van der Waals surface area (Å²) in [6.45, 7) is 6.21. The number of amides is 2. The highest BCUT2D eigenvalue weighted by atomic mass is 35.5. The van der Waals surface area contributed by atoms with Crippen molar-refractivity contribution >= 4 is 24.2 Å². The van der Waals surface area contributed by atoms with Crippen LogP contribution in [0.3, 0.4) is 0 Å². The lowest BCUT2D eigenvalue weighted by Gasteiger charge is -2.36. The van der Waals surface area contributed by atoms with Crippen LogP contribution in [0.15, 0.2) is 24.3 Å². The third kappa shape index (κ3) is 5.61. The highest BCUT2D eigenvalue weighted by Crippen LogP contribution is 2.16. The second-order valence-corrected chi connectivity index (χ2v) is 6.59. The molecule has 1 aliphatic rings. The Balaban J connectivity index is 0.00000312. The summed E-state index contributed by atoms with van der Waals surface area (Å²) in [5.41, 5.74) is 6.58. The number of benzene rings is 1. The van der Waals surface area contributed by atoms with Crippen LogP contribution in [0, 0.1) is 5.92 Å². The van der Waals surface area contributed by atoms with E-state index >= 15 is 0 Å². The lowest BCUT2D eigenvalue weighted by Crippen LogP contribution is -2.54.